The zero-order chi connectivity index (χ0) is 24.3. The second-order valence-corrected chi connectivity index (χ2v) is 9.05. The summed E-state index contributed by atoms with van der Waals surface area (Å²) in [5, 5.41) is 12.2. The number of allylic oxidation sites excluding steroid dienone is 5. The van der Waals surface area contributed by atoms with Gasteiger partial charge in [0.1, 0.15) is 11.4 Å². The molecule has 0 saturated carbocycles. The van der Waals surface area contributed by atoms with Gasteiger partial charge in [-0.05, 0) is 72.6 Å². The van der Waals surface area contributed by atoms with E-state index in [0.717, 1.165) is 49.7 Å². The van der Waals surface area contributed by atoms with Crippen LogP contribution in [0.3, 0.4) is 0 Å². The van der Waals surface area contributed by atoms with Crippen molar-refractivity contribution in [2.24, 2.45) is 0 Å². The molecule has 0 spiro atoms. The smallest absolute Gasteiger partial charge is 0.407 e. The minimum absolute atomic E-state index is 0.122. The number of aromatic nitrogens is 3. The van der Waals surface area contributed by atoms with Crippen LogP contribution in [-0.2, 0) is 11.3 Å². The Labute approximate surface area is 198 Å². The third-order valence-electron chi connectivity index (χ3n) is 4.83. The van der Waals surface area contributed by atoms with Gasteiger partial charge in [-0.15, -0.1) is 10.2 Å². The fraction of sp³-hybridized carbons (Fsp3) is 0.625. The van der Waals surface area contributed by atoms with Crippen molar-refractivity contribution in [3.8, 4) is 0 Å². The molecule has 1 amide bonds. The number of hydrogen-bond acceptors (Lipinski definition) is 5. The molecule has 1 unspecified atom stereocenters. The number of alkyl carbamates (subject to hydrolysis) is 1. The maximum absolute atomic E-state index is 12.1. The molecule has 1 aromatic rings. The van der Waals surface area contributed by atoms with E-state index >= 15 is 0 Å². The molecule has 0 bridgehead atoms. The lowest BCUT2D eigenvalue weighted by Gasteiger charge is -2.23. The number of hydrogen-bond donors (Lipinski definition) is 1. The molecule has 0 aliphatic carbocycles. The van der Waals surface area contributed by atoms with Crippen LogP contribution in [0, 0.1) is 6.92 Å². The van der Waals surface area contributed by atoms with Crippen molar-refractivity contribution in [2.75, 3.05) is 13.1 Å². The highest BCUT2D eigenvalue weighted by Gasteiger charge is 2.23. The van der Waals surface area contributed by atoms with Crippen molar-refractivity contribution in [2.45, 2.75) is 85.9 Å². The van der Waals surface area contributed by atoms with Gasteiger partial charge >= 0.3 is 6.09 Å². The fourth-order valence-corrected chi connectivity index (χ4v) is 3.51. The molecule has 1 N–H and O–H groups in total. The lowest BCUT2D eigenvalue weighted by Crippen LogP contribution is -2.39. The van der Waals surface area contributed by atoms with Crippen LogP contribution in [0.1, 0.15) is 72.5 Å². The number of carbonyl (C=O) groups is 1. The average Bonchev–Trinajstić information content (AvgIpc) is 2.94. The van der Waals surface area contributed by atoms with Crippen LogP contribution in [-0.4, -0.2) is 50.5 Å². The largest absolute Gasteiger partial charge is 0.444 e. The lowest BCUT2D eigenvalue weighted by atomic mass is 10.1. The molecular weight excluding hydrogens is 426 g/mol. The fourth-order valence-electron chi connectivity index (χ4n) is 3.44. The van der Waals surface area contributed by atoms with E-state index < -0.39 is 5.60 Å². The van der Waals surface area contributed by atoms with Crippen molar-refractivity contribution in [3.05, 3.63) is 41.5 Å². The SMILES string of the molecule is C=C/C(Cl)=C\C=C(/C)n1c(C)nnc1CN1CCCC(NC(=O)OC(C)(C)C)CC1.CC. The third kappa shape index (κ3) is 9.57. The van der Waals surface area contributed by atoms with Crippen LogP contribution in [0.25, 0.3) is 5.70 Å². The molecule has 1 aliphatic rings. The molecule has 0 radical (unpaired) electrons. The van der Waals surface area contributed by atoms with Crippen molar-refractivity contribution in [1.29, 1.82) is 0 Å². The molecule has 1 aromatic heterocycles. The Morgan fingerprint density at radius 3 is 2.56 bits per heavy atom. The van der Waals surface area contributed by atoms with Crippen molar-refractivity contribution < 1.29 is 9.53 Å². The Hall–Kier alpha value is -2.12. The molecule has 32 heavy (non-hydrogen) atoms. The van der Waals surface area contributed by atoms with Gasteiger partial charge in [0.15, 0.2) is 5.82 Å². The summed E-state index contributed by atoms with van der Waals surface area (Å²) in [6.07, 6.45) is 7.82. The molecule has 1 atom stereocenters. The van der Waals surface area contributed by atoms with Gasteiger partial charge in [-0.25, -0.2) is 4.79 Å². The summed E-state index contributed by atoms with van der Waals surface area (Å²) >= 11 is 6.02. The van der Waals surface area contributed by atoms with Crippen molar-refractivity contribution >= 4 is 23.4 Å². The first-order valence-electron chi connectivity index (χ1n) is 11.4. The van der Waals surface area contributed by atoms with Crippen LogP contribution in [0.4, 0.5) is 4.79 Å². The van der Waals surface area contributed by atoms with Crippen molar-refractivity contribution in [1.82, 2.24) is 25.0 Å². The highest BCUT2D eigenvalue weighted by atomic mass is 35.5. The topological polar surface area (TPSA) is 72.3 Å². The van der Waals surface area contributed by atoms with E-state index in [1.807, 2.05) is 65.2 Å². The third-order valence-corrected chi connectivity index (χ3v) is 5.11. The summed E-state index contributed by atoms with van der Waals surface area (Å²) in [5.74, 6) is 1.73. The normalized spacial score (nSPS) is 18.3. The van der Waals surface area contributed by atoms with Gasteiger partial charge < -0.3 is 10.1 Å². The second-order valence-electron chi connectivity index (χ2n) is 8.61. The second kappa shape index (κ2) is 13.4. The van der Waals surface area contributed by atoms with Gasteiger partial charge in [-0.3, -0.25) is 9.47 Å². The minimum Gasteiger partial charge on any atom is -0.444 e. The number of halogens is 1. The van der Waals surface area contributed by atoms with Crippen LogP contribution < -0.4 is 5.32 Å². The zero-order valence-corrected chi connectivity index (χ0v) is 21.5. The van der Waals surface area contributed by atoms with E-state index in [1.165, 1.54) is 0 Å². The van der Waals surface area contributed by atoms with Gasteiger partial charge in [-0.1, -0.05) is 38.1 Å². The molecule has 2 rings (SSSR count). The molecule has 8 heteroatoms. The van der Waals surface area contributed by atoms with Gasteiger partial charge in [0.2, 0.25) is 0 Å². The first-order chi connectivity index (χ1) is 15.1. The lowest BCUT2D eigenvalue weighted by molar-refractivity contribution is 0.0500. The Morgan fingerprint density at radius 1 is 1.25 bits per heavy atom. The zero-order valence-electron chi connectivity index (χ0n) is 20.7. The van der Waals surface area contributed by atoms with Gasteiger partial charge in [-0.2, -0.15) is 0 Å². The first-order valence-corrected chi connectivity index (χ1v) is 11.8. The highest BCUT2D eigenvalue weighted by molar-refractivity contribution is 6.31. The molecule has 0 aromatic carbocycles. The molecule has 1 aliphatic heterocycles. The summed E-state index contributed by atoms with van der Waals surface area (Å²) in [6.45, 7) is 19.7. The number of likely N-dealkylation sites (tertiary alicyclic amines) is 1. The maximum Gasteiger partial charge on any atom is 0.407 e. The van der Waals surface area contributed by atoms with E-state index in [2.05, 4.69) is 27.0 Å². The predicted molar refractivity (Wildman–Crippen MR) is 132 cm³/mol. The number of aryl methyl sites for hydroxylation is 1. The predicted octanol–water partition coefficient (Wildman–Crippen LogP) is 5.66. The molecular formula is C24H40ClN5O2. The summed E-state index contributed by atoms with van der Waals surface area (Å²) in [7, 11) is 0. The van der Waals surface area contributed by atoms with Gasteiger partial charge in [0.25, 0.3) is 0 Å². The summed E-state index contributed by atoms with van der Waals surface area (Å²) in [4.78, 5) is 14.4. The van der Waals surface area contributed by atoms with E-state index in [-0.39, 0.29) is 12.1 Å². The number of carbonyl (C=O) groups excluding carboxylic acids is 1. The van der Waals surface area contributed by atoms with Crippen LogP contribution >= 0.6 is 11.6 Å². The van der Waals surface area contributed by atoms with Crippen LogP contribution in [0.15, 0.2) is 29.8 Å². The monoisotopic (exact) mass is 465 g/mol. The van der Waals surface area contributed by atoms with Crippen LogP contribution in [0.5, 0.6) is 0 Å². The van der Waals surface area contributed by atoms with Gasteiger partial charge in [0.05, 0.1) is 6.54 Å². The summed E-state index contributed by atoms with van der Waals surface area (Å²) in [5.41, 5.74) is 0.506. The highest BCUT2D eigenvalue weighted by Crippen LogP contribution is 2.18. The molecule has 1 fully saturated rings. The quantitative estimate of drug-likeness (QED) is 0.548. The van der Waals surface area contributed by atoms with E-state index in [9.17, 15) is 4.79 Å². The number of nitrogens with zero attached hydrogens (tertiary/aromatic N) is 4. The average molecular weight is 466 g/mol. The standard InChI is InChI=1S/C22H34ClN5O2.C2H6/c1-7-18(23)11-10-16(2)28-17(3)25-26-20(28)15-27-13-8-9-19(12-14-27)24-21(29)30-22(4,5)6;1-2/h7,10-11,19H,1,8-9,12-15H2,2-6H3,(H,24,29);1-2H3/b16-10+,18-11+;. The Kier molecular flexibility index (Phi) is 11.7. The van der Waals surface area contributed by atoms with Crippen molar-refractivity contribution in [3.63, 3.8) is 0 Å². The molecule has 180 valence electrons. The summed E-state index contributed by atoms with van der Waals surface area (Å²) < 4.78 is 7.43. The Balaban J connectivity index is 0.00000249. The number of amides is 1. The Morgan fingerprint density at radius 2 is 1.94 bits per heavy atom. The minimum atomic E-state index is -0.487. The number of rotatable bonds is 6. The molecule has 1 saturated heterocycles. The van der Waals surface area contributed by atoms with E-state index in [4.69, 9.17) is 16.3 Å². The van der Waals surface area contributed by atoms with Crippen LogP contribution in [0.2, 0.25) is 0 Å². The van der Waals surface area contributed by atoms with Gasteiger partial charge in [0, 0.05) is 23.3 Å². The number of nitrogens with one attached hydrogen (secondary N) is 1. The Bertz CT molecular complexity index is 808. The van der Waals surface area contributed by atoms with E-state index in [1.54, 1.807) is 6.08 Å². The summed E-state index contributed by atoms with van der Waals surface area (Å²) in [6, 6.07) is 0.122. The molecule has 2 heterocycles. The maximum atomic E-state index is 12.1. The molecule has 7 nitrogen and oxygen atoms in total. The van der Waals surface area contributed by atoms with E-state index in [0.29, 0.717) is 11.6 Å². The number of ether oxygens (including phenoxy) is 1. The first kappa shape index (κ1) is 27.9.